The molecule has 0 spiro atoms. The van der Waals surface area contributed by atoms with Crippen molar-refractivity contribution in [2.75, 3.05) is 12.8 Å². The van der Waals surface area contributed by atoms with Crippen molar-refractivity contribution in [3.8, 4) is 0 Å². The molecule has 2 rings (SSSR count). The molecular weight excluding hydrogens is 307 g/mol. The Balaban J connectivity index is 2.41. The molecule has 0 fully saturated rings. The van der Waals surface area contributed by atoms with Crippen LogP contribution in [-0.4, -0.2) is 12.8 Å². The Morgan fingerprint density at radius 1 is 1.00 bits per heavy atom. The summed E-state index contributed by atoms with van der Waals surface area (Å²) < 4.78 is 0. The van der Waals surface area contributed by atoms with E-state index in [1.165, 1.54) is 39.3 Å². The van der Waals surface area contributed by atoms with Crippen LogP contribution in [-0.2, 0) is 0 Å². The first kappa shape index (κ1) is 18.4. The third kappa shape index (κ3) is 4.34. The van der Waals surface area contributed by atoms with E-state index in [1.807, 2.05) is 6.08 Å². The lowest BCUT2D eigenvalue weighted by molar-refractivity contribution is 1.43. The van der Waals surface area contributed by atoms with Crippen molar-refractivity contribution in [1.29, 1.82) is 0 Å². The van der Waals surface area contributed by atoms with Crippen LogP contribution < -0.4 is 5.30 Å². The predicted molar refractivity (Wildman–Crippen MR) is 112 cm³/mol. The van der Waals surface area contributed by atoms with Gasteiger partial charge in [-0.05, 0) is 59.8 Å². The molecule has 0 saturated heterocycles. The number of hydrogen-bond donors (Lipinski definition) is 0. The molecule has 0 aliphatic carbocycles. The molecule has 0 heterocycles. The van der Waals surface area contributed by atoms with E-state index in [-0.39, 0.29) is 7.92 Å². The van der Waals surface area contributed by atoms with Gasteiger partial charge in [0.2, 0.25) is 0 Å². The van der Waals surface area contributed by atoms with E-state index in [0.29, 0.717) is 0 Å². The normalized spacial score (nSPS) is 13.7. The van der Waals surface area contributed by atoms with E-state index in [4.69, 9.17) is 0 Å². The average molecular weight is 334 g/mol. The lowest BCUT2D eigenvalue weighted by Crippen LogP contribution is -2.07. The Morgan fingerprint density at radius 2 is 1.62 bits per heavy atom. The summed E-state index contributed by atoms with van der Waals surface area (Å²) in [4.78, 5) is 0. The molecule has 24 heavy (non-hydrogen) atoms. The van der Waals surface area contributed by atoms with Crippen LogP contribution in [0.15, 0.2) is 73.3 Å². The molecule has 0 aliphatic rings. The van der Waals surface area contributed by atoms with Crippen molar-refractivity contribution in [2.24, 2.45) is 0 Å². The molecule has 0 N–H and O–H groups in total. The summed E-state index contributed by atoms with van der Waals surface area (Å²) in [6.45, 7) is 13.0. The first-order valence-corrected chi connectivity index (χ1v) is 10.4. The highest BCUT2D eigenvalue weighted by Gasteiger charge is 2.08. The van der Waals surface area contributed by atoms with Gasteiger partial charge in [-0.1, -0.05) is 88.2 Å². The maximum absolute atomic E-state index is 3.99. The second-order valence-electron chi connectivity index (χ2n) is 6.02. The van der Waals surface area contributed by atoms with Gasteiger partial charge in [0.1, 0.15) is 0 Å². The van der Waals surface area contributed by atoms with Crippen LogP contribution in [0, 0.1) is 6.92 Å². The maximum Gasteiger partial charge on any atom is -0.0150 e. The van der Waals surface area contributed by atoms with Crippen molar-refractivity contribution in [3.05, 3.63) is 90.0 Å². The third-order valence-electron chi connectivity index (χ3n) is 4.40. The molecule has 1 heteroatoms. The summed E-state index contributed by atoms with van der Waals surface area (Å²) in [6.07, 6.45) is 7.57. The standard InChI is InChI=1S/C23H27P/c1-6-20(21-13-9-8-12-18(21)3)17-16-19(4)22-14-10-11-15-23(22)24(5)7-2/h6,8-17H,1,7H2,2-5H3/b19-16+,20-17+. The van der Waals surface area contributed by atoms with Gasteiger partial charge < -0.3 is 0 Å². The highest BCUT2D eigenvalue weighted by Crippen LogP contribution is 2.32. The monoisotopic (exact) mass is 334 g/mol. The topological polar surface area (TPSA) is 0 Å². The smallest absolute Gasteiger partial charge is 0.0150 e. The lowest BCUT2D eigenvalue weighted by atomic mass is 9.99. The first-order chi connectivity index (χ1) is 11.6. The number of allylic oxidation sites excluding steroid dienone is 5. The minimum absolute atomic E-state index is 0.0870. The Morgan fingerprint density at radius 3 is 2.25 bits per heavy atom. The van der Waals surface area contributed by atoms with E-state index in [0.717, 1.165) is 0 Å². The predicted octanol–water partition coefficient (Wildman–Crippen LogP) is 6.42. The van der Waals surface area contributed by atoms with Crippen LogP contribution in [0.2, 0.25) is 0 Å². The number of hydrogen-bond acceptors (Lipinski definition) is 0. The molecule has 1 atom stereocenters. The summed E-state index contributed by atoms with van der Waals surface area (Å²) in [5, 5.41) is 1.49. The van der Waals surface area contributed by atoms with Crippen LogP contribution in [0.4, 0.5) is 0 Å². The summed E-state index contributed by atoms with van der Waals surface area (Å²) in [5.74, 6) is 0. The number of rotatable bonds is 6. The molecule has 0 radical (unpaired) electrons. The zero-order valence-corrected chi connectivity index (χ0v) is 16.1. The van der Waals surface area contributed by atoms with Crippen LogP contribution in [0.25, 0.3) is 11.1 Å². The minimum atomic E-state index is -0.0870. The first-order valence-electron chi connectivity index (χ1n) is 8.46. The molecule has 0 aromatic heterocycles. The highest BCUT2D eigenvalue weighted by atomic mass is 31.1. The van der Waals surface area contributed by atoms with E-state index in [9.17, 15) is 0 Å². The van der Waals surface area contributed by atoms with Gasteiger partial charge in [0, 0.05) is 0 Å². The number of aryl methyl sites for hydroxylation is 1. The molecular formula is C23H27P. The Labute approximate surface area is 148 Å². The molecule has 1 unspecified atom stereocenters. The molecule has 2 aromatic carbocycles. The molecule has 0 amide bonds. The molecule has 2 aromatic rings. The Kier molecular flexibility index (Phi) is 6.76. The third-order valence-corrected chi connectivity index (χ3v) is 6.56. The molecule has 0 bridgehead atoms. The van der Waals surface area contributed by atoms with E-state index in [2.05, 4.69) is 94.7 Å². The van der Waals surface area contributed by atoms with E-state index in [1.54, 1.807) is 0 Å². The summed E-state index contributed by atoms with van der Waals surface area (Å²) in [6, 6.07) is 17.3. The molecule has 0 saturated carbocycles. The van der Waals surface area contributed by atoms with Crippen LogP contribution in [0.3, 0.4) is 0 Å². The van der Waals surface area contributed by atoms with Gasteiger partial charge in [0.25, 0.3) is 0 Å². The summed E-state index contributed by atoms with van der Waals surface area (Å²) >= 11 is 0. The fourth-order valence-corrected chi connectivity index (χ4v) is 4.12. The van der Waals surface area contributed by atoms with E-state index < -0.39 is 0 Å². The van der Waals surface area contributed by atoms with Gasteiger partial charge in [0.15, 0.2) is 0 Å². The zero-order valence-electron chi connectivity index (χ0n) is 15.2. The van der Waals surface area contributed by atoms with Gasteiger partial charge in [-0.3, -0.25) is 0 Å². The van der Waals surface area contributed by atoms with E-state index >= 15 is 0 Å². The lowest BCUT2D eigenvalue weighted by Gasteiger charge is -2.15. The highest BCUT2D eigenvalue weighted by molar-refractivity contribution is 7.65. The van der Waals surface area contributed by atoms with Gasteiger partial charge in [0.05, 0.1) is 0 Å². The van der Waals surface area contributed by atoms with Crippen molar-refractivity contribution in [2.45, 2.75) is 20.8 Å². The molecule has 0 nitrogen and oxygen atoms in total. The zero-order chi connectivity index (χ0) is 17.5. The SMILES string of the molecule is C=C/C(=C\C=C(/C)c1ccccc1P(C)CC)c1ccccc1C. The van der Waals surface area contributed by atoms with Crippen molar-refractivity contribution < 1.29 is 0 Å². The summed E-state index contributed by atoms with van der Waals surface area (Å²) in [5.41, 5.74) is 6.37. The largest absolute Gasteiger partial charge is 0.0984 e. The van der Waals surface area contributed by atoms with Crippen molar-refractivity contribution in [1.82, 2.24) is 0 Å². The Bertz CT molecular complexity index is 765. The Hall–Kier alpha value is -1.91. The maximum atomic E-state index is 3.99. The second-order valence-corrected chi connectivity index (χ2v) is 8.53. The molecule has 0 aliphatic heterocycles. The molecule has 124 valence electrons. The second kappa shape index (κ2) is 8.81. The fraction of sp³-hybridized carbons (Fsp3) is 0.217. The van der Waals surface area contributed by atoms with Gasteiger partial charge in [-0.25, -0.2) is 0 Å². The average Bonchev–Trinajstić information content (AvgIpc) is 2.62. The van der Waals surface area contributed by atoms with Crippen molar-refractivity contribution >= 4 is 24.4 Å². The van der Waals surface area contributed by atoms with Gasteiger partial charge in [-0.15, -0.1) is 0 Å². The van der Waals surface area contributed by atoms with Gasteiger partial charge >= 0.3 is 0 Å². The fourth-order valence-electron chi connectivity index (χ4n) is 2.78. The number of benzene rings is 2. The minimum Gasteiger partial charge on any atom is -0.0984 e. The quantitative estimate of drug-likeness (QED) is 0.422. The van der Waals surface area contributed by atoms with Crippen LogP contribution >= 0.6 is 7.92 Å². The van der Waals surface area contributed by atoms with Crippen molar-refractivity contribution in [3.63, 3.8) is 0 Å². The summed E-state index contributed by atoms with van der Waals surface area (Å²) in [7, 11) is -0.0870. The van der Waals surface area contributed by atoms with Gasteiger partial charge in [-0.2, -0.15) is 0 Å². The van der Waals surface area contributed by atoms with Crippen LogP contribution in [0.5, 0.6) is 0 Å². The van der Waals surface area contributed by atoms with Crippen LogP contribution in [0.1, 0.15) is 30.5 Å².